The molecule has 1 N–H and O–H groups in total. The average molecular weight is 460 g/mol. The number of fused-ring (bicyclic) bond motifs is 2. The van der Waals surface area contributed by atoms with E-state index < -0.39 is 12.1 Å². The minimum Gasteiger partial charge on any atom is -0.487 e. The zero-order valence-corrected chi connectivity index (χ0v) is 19.3. The molecular formula is C26H25N3O5. The number of aryl methyl sites for hydroxylation is 3. The highest BCUT2D eigenvalue weighted by Gasteiger charge is 2.28. The van der Waals surface area contributed by atoms with E-state index in [1.54, 1.807) is 28.3 Å². The molecule has 2 aromatic carbocycles. The largest absolute Gasteiger partial charge is 0.487 e. The molecule has 1 aliphatic rings. The van der Waals surface area contributed by atoms with Crippen molar-refractivity contribution < 1.29 is 14.3 Å². The number of carbonyl (C=O) groups excluding carboxylic acids is 1. The summed E-state index contributed by atoms with van der Waals surface area (Å²) in [5.41, 5.74) is 3.52. The molecule has 0 saturated carbocycles. The molecule has 0 spiro atoms. The van der Waals surface area contributed by atoms with E-state index in [9.17, 15) is 14.4 Å². The summed E-state index contributed by atoms with van der Waals surface area (Å²) in [4.78, 5) is 37.8. The molecule has 8 heteroatoms. The summed E-state index contributed by atoms with van der Waals surface area (Å²) in [5.74, 6) is 0.513. The van der Waals surface area contributed by atoms with Gasteiger partial charge in [0.2, 0.25) is 0 Å². The zero-order valence-electron chi connectivity index (χ0n) is 19.3. The fourth-order valence-electron chi connectivity index (χ4n) is 4.60. The van der Waals surface area contributed by atoms with Crippen LogP contribution in [-0.4, -0.2) is 28.4 Å². The minimum atomic E-state index is -0.567. The summed E-state index contributed by atoms with van der Waals surface area (Å²) in [6, 6.07) is 14.2. The van der Waals surface area contributed by atoms with Gasteiger partial charge < -0.3 is 19.4 Å². The third-order valence-corrected chi connectivity index (χ3v) is 6.38. The van der Waals surface area contributed by atoms with Gasteiger partial charge in [0, 0.05) is 36.5 Å². The molecule has 1 atom stereocenters. The highest BCUT2D eigenvalue weighted by molar-refractivity contribution is 6.04. The van der Waals surface area contributed by atoms with Crippen molar-refractivity contribution in [3.8, 4) is 5.75 Å². The summed E-state index contributed by atoms with van der Waals surface area (Å²) in [5, 5.41) is 4.53. The van der Waals surface area contributed by atoms with E-state index in [4.69, 9.17) is 9.47 Å². The lowest BCUT2D eigenvalue weighted by Gasteiger charge is -2.30. The highest BCUT2D eigenvalue weighted by Crippen LogP contribution is 2.39. The number of alkyl carbamates (subject to hydrolysis) is 1. The molecule has 2 aromatic heterocycles. The number of hydrogen-bond donors (Lipinski definition) is 1. The molecule has 0 saturated heterocycles. The second-order valence-corrected chi connectivity index (χ2v) is 8.67. The van der Waals surface area contributed by atoms with Crippen LogP contribution in [0, 0.1) is 13.8 Å². The van der Waals surface area contributed by atoms with Crippen molar-refractivity contribution >= 4 is 27.9 Å². The molecule has 4 aromatic rings. The van der Waals surface area contributed by atoms with Gasteiger partial charge in [0.25, 0.3) is 11.1 Å². The van der Waals surface area contributed by atoms with Crippen molar-refractivity contribution in [2.24, 2.45) is 7.05 Å². The Bertz CT molecular complexity index is 1550. The predicted molar refractivity (Wildman–Crippen MR) is 130 cm³/mol. The van der Waals surface area contributed by atoms with Crippen LogP contribution in [0.3, 0.4) is 0 Å². The van der Waals surface area contributed by atoms with Crippen molar-refractivity contribution in [1.82, 2.24) is 14.5 Å². The van der Waals surface area contributed by atoms with Crippen LogP contribution in [0.15, 0.2) is 58.1 Å². The Labute approximate surface area is 195 Å². The number of rotatable bonds is 4. The van der Waals surface area contributed by atoms with Crippen LogP contribution in [0.1, 0.15) is 22.7 Å². The van der Waals surface area contributed by atoms with Crippen LogP contribution >= 0.6 is 0 Å². The van der Waals surface area contributed by atoms with Crippen LogP contribution in [-0.2, 0) is 18.4 Å². The van der Waals surface area contributed by atoms with E-state index in [0.717, 1.165) is 27.5 Å². The van der Waals surface area contributed by atoms with Gasteiger partial charge in [-0.05, 0) is 36.6 Å². The Balaban J connectivity index is 1.51. The molecule has 8 nitrogen and oxygen atoms in total. The molecule has 0 aliphatic carbocycles. The molecule has 0 fully saturated rings. The van der Waals surface area contributed by atoms with E-state index in [0.29, 0.717) is 16.8 Å². The van der Waals surface area contributed by atoms with E-state index in [-0.39, 0.29) is 30.9 Å². The van der Waals surface area contributed by atoms with E-state index in [1.807, 2.05) is 50.2 Å². The van der Waals surface area contributed by atoms with Crippen LogP contribution in [0.2, 0.25) is 0 Å². The molecule has 174 valence electrons. The topological polar surface area (TPSA) is 91.6 Å². The summed E-state index contributed by atoms with van der Waals surface area (Å²) in [7, 11) is 1.70. The van der Waals surface area contributed by atoms with E-state index in [2.05, 4.69) is 5.32 Å². The number of hydrogen-bond acceptors (Lipinski definition) is 5. The lowest BCUT2D eigenvalue weighted by molar-refractivity contribution is 0.135. The smallest absolute Gasteiger partial charge is 0.407 e. The fraction of sp³-hybridized carbons (Fsp3) is 0.269. The van der Waals surface area contributed by atoms with Crippen molar-refractivity contribution in [3.05, 3.63) is 85.9 Å². The van der Waals surface area contributed by atoms with Gasteiger partial charge in [0.1, 0.15) is 13.2 Å². The molecule has 1 unspecified atom stereocenters. The Morgan fingerprint density at radius 3 is 2.44 bits per heavy atom. The fourth-order valence-corrected chi connectivity index (χ4v) is 4.60. The standard InChI is InChI=1S/C26H25N3O5/c1-15-9-21(30)28(3)23-19(15)11-20-16(2)10-22(31)29-18(14-33-25(23)24(20)29)12-27-26(32)34-13-17-7-5-4-6-8-17/h4-11,18H,12-14H2,1-3H3,(H,27,32). The first kappa shape index (κ1) is 21.8. The lowest BCUT2D eigenvalue weighted by Crippen LogP contribution is -2.40. The number of nitrogens with zero attached hydrogens (tertiary/aromatic N) is 2. The van der Waals surface area contributed by atoms with Gasteiger partial charge in [-0.15, -0.1) is 0 Å². The Kier molecular flexibility index (Phi) is 5.36. The average Bonchev–Trinajstić information content (AvgIpc) is 2.83. The Morgan fingerprint density at radius 2 is 1.71 bits per heavy atom. The number of ether oxygens (including phenoxy) is 2. The number of pyridine rings is 2. The normalized spacial score (nSPS) is 14.7. The van der Waals surface area contributed by atoms with Crippen LogP contribution < -0.4 is 21.2 Å². The summed E-state index contributed by atoms with van der Waals surface area (Å²) in [6.07, 6.45) is -0.567. The zero-order chi connectivity index (χ0) is 24.0. The molecule has 0 bridgehead atoms. The lowest BCUT2D eigenvalue weighted by atomic mass is 10.0. The van der Waals surface area contributed by atoms with Crippen molar-refractivity contribution in [2.75, 3.05) is 13.2 Å². The second kappa shape index (κ2) is 8.37. The predicted octanol–water partition coefficient (Wildman–Crippen LogP) is 3.33. The molecule has 1 amide bonds. The van der Waals surface area contributed by atoms with Gasteiger partial charge in [-0.25, -0.2) is 4.79 Å². The third kappa shape index (κ3) is 3.61. The van der Waals surface area contributed by atoms with Crippen molar-refractivity contribution in [2.45, 2.75) is 26.5 Å². The van der Waals surface area contributed by atoms with Crippen LogP contribution in [0.25, 0.3) is 21.8 Å². The number of nitrogens with one attached hydrogen (secondary N) is 1. The van der Waals surface area contributed by atoms with Crippen molar-refractivity contribution in [1.29, 1.82) is 0 Å². The van der Waals surface area contributed by atoms with Gasteiger partial charge in [0.05, 0.1) is 17.1 Å². The quantitative estimate of drug-likeness (QED) is 0.473. The number of amides is 1. The maximum Gasteiger partial charge on any atom is 0.407 e. The monoisotopic (exact) mass is 459 g/mol. The first-order chi connectivity index (χ1) is 16.3. The summed E-state index contributed by atoms with van der Waals surface area (Å²) < 4.78 is 14.7. The molecule has 34 heavy (non-hydrogen) atoms. The molecule has 1 aliphatic heterocycles. The van der Waals surface area contributed by atoms with Crippen LogP contribution in [0.4, 0.5) is 4.79 Å². The highest BCUT2D eigenvalue weighted by atomic mass is 16.5. The van der Waals surface area contributed by atoms with Crippen LogP contribution in [0.5, 0.6) is 5.75 Å². The first-order valence-electron chi connectivity index (χ1n) is 11.1. The Morgan fingerprint density at radius 1 is 1.03 bits per heavy atom. The van der Waals surface area contributed by atoms with Gasteiger partial charge >= 0.3 is 6.09 Å². The Hall–Kier alpha value is -4.07. The van der Waals surface area contributed by atoms with E-state index in [1.165, 1.54) is 0 Å². The van der Waals surface area contributed by atoms with Gasteiger partial charge in [-0.1, -0.05) is 30.3 Å². The molecule has 3 heterocycles. The van der Waals surface area contributed by atoms with Gasteiger partial charge in [-0.3, -0.25) is 14.2 Å². The first-order valence-corrected chi connectivity index (χ1v) is 11.1. The molecular weight excluding hydrogens is 434 g/mol. The van der Waals surface area contributed by atoms with Gasteiger partial charge in [0.15, 0.2) is 5.75 Å². The number of aromatic nitrogens is 2. The summed E-state index contributed by atoms with van der Waals surface area (Å²) in [6.45, 7) is 4.27. The summed E-state index contributed by atoms with van der Waals surface area (Å²) >= 11 is 0. The van der Waals surface area contributed by atoms with E-state index >= 15 is 0 Å². The molecule has 0 radical (unpaired) electrons. The minimum absolute atomic E-state index is 0.143. The third-order valence-electron chi connectivity index (χ3n) is 6.38. The maximum absolute atomic E-state index is 13.1. The SMILES string of the molecule is Cc1cc(=O)n(C)c2c3c4c(cc12)c(C)cc(=O)n4C(CNC(=O)OCc1ccccc1)CO3. The maximum atomic E-state index is 13.1. The second-order valence-electron chi connectivity index (χ2n) is 8.67. The van der Waals surface area contributed by atoms with Crippen molar-refractivity contribution in [3.63, 3.8) is 0 Å². The molecule has 5 rings (SSSR count). The number of carbonyl (C=O) groups is 1. The number of benzene rings is 2. The van der Waals surface area contributed by atoms with Gasteiger partial charge in [-0.2, -0.15) is 0 Å².